The second-order valence-corrected chi connectivity index (χ2v) is 9.51. The van der Waals surface area contributed by atoms with Crippen LogP contribution < -0.4 is 0 Å². The molecule has 0 saturated heterocycles. The number of fused-ring (bicyclic) bond motifs is 1. The lowest BCUT2D eigenvalue weighted by Crippen LogP contribution is -2.45. The molecule has 1 unspecified atom stereocenters. The van der Waals surface area contributed by atoms with Gasteiger partial charge in [0.05, 0.1) is 22.3 Å². The van der Waals surface area contributed by atoms with Gasteiger partial charge in [-0.05, 0) is 51.3 Å². The van der Waals surface area contributed by atoms with Crippen LogP contribution in [0.5, 0.6) is 0 Å². The van der Waals surface area contributed by atoms with Gasteiger partial charge < -0.3 is 9.30 Å². The second-order valence-electron chi connectivity index (χ2n) is 8.75. The molecule has 0 N–H and O–H groups in total. The van der Waals surface area contributed by atoms with E-state index in [0.29, 0.717) is 43.1 Å². The van der Waals surface area contributed by atoms with E-state index in [9.17, 15) is 18.0 Å². The number of aromatic nitrogens is 2. The average molecular weight is 492 g/mol. The molecule has 5 nitrogen and oxygen atoms in total. The Morgan fingerprint density at radius 2 is 1.91 bits per heavy atom. The minimum atomic E-state index is -4.51. The van der Waals surface area contributed by atoms with E-state index in [-0.39, 0.29) is 5.02 Å². The van der Waals surface area contributed by atoms with Crippen molar-refractivity contribution >= 4 is 29.3 Å². The van der Waals surface area contributed by atoms with Crippen molar-refractivity contribution in [1.29, 1.82) is 0 Å². The number of nitrogens with zero attached hydrogens (tertiary/aromatic N) is 3. The summed E-state index contributed by atoms with van der Waals surface area (Å²) < 4.78 is 46.6. The third kappa shape index (κ3) is 5.34. The zero-order valence-electron chi connectivity index (χ0n) is 18.4. The molecule has 3 rings (SSSR count). The zero-order valence-corrected chi connectivity index (χ0v) is 19.9. The number of carbonyl (C=O) groups is 1. The van der Waals surface area contributed by atoms with E-state index in [1.165, 1.54) is 12.1 Å². The van der Waals surface area contributed by atoms with Gasteiger partial charge in [0, 0.05) is 19.5 Å². The lowest BCUT2D eigenvalue weighted by Gasteiger charge is -2.38. The Balaban J connectivity index is 1.90. The third-order valence-corrected chi connectivity index (χ3v) is 5.88. The average Bonchev–Trinajstić information content (AvgIpc) is 3.00. The van der Waals surface area contributed by atoms with E-state index in [1.807, 2.05) is 11.5 Å². The smallest absolute Gasteiger partial charge is 0.417 e. The van der Waals surface area contributed by atoms with E-state index < -0.39 is 29.5 Å². The third-order valence-electron chi connectivity index (χ3n) is 5.29. The Morgan fingerprint density at radius 1 is 1.22 bits per heavy atom. The molecule has 2 heterocycles. The Hall–Kier alpha value is -1.93. The molecule has 1 amide bonds. The Morgan fingerprint density at radius 3 is 2.47 bits per heavy atom. The molecule has 0 saturated carbocycles. The van der Waals surface area contributed by atoms with Crippen LogP contribution in [0.4, 0.5) is 18.0 Å². The quantitative estimate of drug-likeness (QED) is 0.478. The highest BCUT2D eigenvalue weighted by atomic mass is 35.5. The second kappa shape index (κ2) is 9.14. The van der Waals surface area contributed by atoms with Crippen molar-refractivity contribution in [3.05, 3.63) is 51.0 Å². The van der Waals surface area contributed by atoms with Crippen LogP contribution in [0.3, 0.4) is 0 Å². The van der Waals surface area contributed by atoms with Crippen LogP contribution >= 0.6 is 23.2 Å². The fourth-order valence-electron chi connectivity index (χ4n) is 3.91. The van der Waals surface area contributed by atoms with Gasteiger partial charge in [0.1, 0.15) is 11.4 Å². The number of halogens is 5. The number of rotatable bonds is 4. The van der Waals surface area contributed by atoms with Crippen molar-refractivity contribution in [2.45, 2.75) is 71.3 Å². The zero-order chi connectivity index (χ0) is 23.8. The number of carbonyl (C=O) groups excluding carboxylic acids is 1. The highest BCUT2D eigenvalue weighted by Gasteiger charge is 2.37. The minimum Gasteiger partial charge on any atom is -0.444 e. The number of ether oxygens (including phenoxy) is 1. The summed E-state index contributed by atoms with van der Waals surface area (Å²) >= 11 is 12.3. The van der Waals surface area contributed by atoms with Crippen molar-refractivity contribution in [2.24, 2.45) is 0 Å². The fourth-order valence-corrected chi connectivity index (χ4v) is 4.54. The highest BCUT2D eigenvalue weighted by Crippen LogP contribution is 2.38. The first kappa shape index (κ1) is 24.7. The van der Waals surface area contributed by atoms with E-state index in [2.05, 4.69) is 4.98 Å². The van der Waals surface area contributed by atoms with Gasteiger partial charge in [-0.15, -0.1) is 0 Å². The molecule has 0 bridgehead atoms. The van der Waals surface area contributed by atoms with Crippen LogP contribution in [0.2, 0.25) is 10.2 Å². The van der Waals surface area contributed by atoms with Crippen LogP contribution in [0.1, 0.15) is 62.8 Å². The summed E-state index contributed by atoms with van der Waals surface area (Å²) in [6.07, 6.45) is -3.47. The molecule has 10 heteroatoms. The van der Waals surface area contributed by atoms with E-state index in [0.717, 1.165) is 17.6 Å². The first-order chi connectivity index (χ1) is 14.8. The Labute approximate surface area is 195 Å². The standard InChI is InChI=1S/C22H26Cl2F3N3O2/c1-5-17-28-19(24)18-16(29(10-11-30(17)18)20(31)32-21(2,3)4)9-7-13-6-8-14(15(23)12-13)22(25,26)27/h6,8,12,16H,5,7,9-11H2,1-4H3. The summed E-state index contributed by atoms with van der Waals surface area (Å²) in [5.74, 6) is 0.830. The van der Waals surface area contributed by atoms with Gasteiger partial charge in [0.15, 0.2) is 5.15 Å². The first-order valence-electron chi connectivity index (χ1n) is 10.4. The number of alkyl halides is 3. The summed E-state index contributed by atoms with van der Waals surface area (Å²) in [6.45, 7) is 8.31. The van der Waals surface area contributed by atoms with E-state index in [4.69, 9.17) is 27.9 Å². The molecule has 0 fully saturated rings. The van der Waals surface area contributed by atoms with E-state index >= 15 is 0 Å². The molecule has 2 aromatic rings. The molecular formula is C22H26Cl2F3N3O2. The maximum Gasteiger partial charge on any atom is 0.417 e. The molecule has 176 valence electrons. The highest BCUT2D eigenvalue weighted by molar-refractivity contribution is 6.31. The van der Waals surface area contributed by atoms with Crippen LogP contribution in [-0.2, 0) is 30.3 Å². The monoisotopic (exact) mass is 491 g/mol. The maximum atomic E-state index is 13.0. The molecule has 0 spiro atoms. The molecule has 1 aliphatic rings. The molecule has 1 aromatic carbocycles. The van der Waals surface area contributed by atoms with Gasteiger partial charge in [-0.2, -0.15) is 13.2 Å². The molecule has 1 aromatic heterocycles. The predicted octanol–water partition coefficient (Wildman–Crippen LogP) is 6.70. The fraction of sp³-hybridized carbons (Fsp3) is 0.545. The van der Waals surface area contributed by atoms with Crippen LogP contribution in [0, 0.1) is 0 Å². The first-order valence-corrected chi connectivity index (χ1v) is 11.2. The summed E-state index contributed by atoms with van der Waals surface area (Å²) in [5, 5.41) is -0.0236. The van der Waals surface area contributed by atoms with Crippen molar-refractivity contribution in [3.8, 4) is 0 Å². The Bertz CT molecular complexity index is 1000. The van der Waals surface area contributed by atoms with Crippen LogP contribution in [-0.4, -0.2) is 32.7 Å². The number of imidazole rings is 1. The van der Waals surface area contributed by atoms with Gasteiger partial charge in [-0.25, -0.2) is 9.78 Å². The number of aryl methyl sites for hydroxylation is 2. The topological polar surface area (TPSA) is 47.4 Å². The maximum absolute atomic E-state index is 13.0. The number of hydrogen-bond donors (Lipinski definition) is 0. The molecular weight excluding hydrogens is 466 g/mol. The largest absolute Gasteiger partial charge is 0.444 e. The van der Waals surface area contributed by atoms with Gasteiger partial charge in [-0.1, -0.05) is 36.2 Å². The van der Waals surface area contributed by atoms with Gasteiger partial charge in [-0.3, -0.25) is 4.90 Å². The van der Waals surface area contributed by atoms with Crippen molar-refractivity contribution in [3.63, 3.8) is 0 Å². The van der Waals surface area contributed by atoms with Gasteiger partial charge >= 0.3 is 12.3 Å². The van der Waals surface area contributed by atoms with Crippen LogP contribution in [0.15, 0.2) is 18.2 Å². The lowest BCUT2D eigenvalue weighted by molar-refractivity contribution is -0.137. The van der Waals surface area contributed by atoms with Crippen molar-refractivity contribution in [2.75, 3.05) is 6.54 Å². The molecule has 1 aliphatic heterocycles. The minimum absolute atomic E-state index is 0.325. The van der Waals surface area contributed by atoms with Crippen molar-refractivity contribution in [1.82, 2.24) is 14.5 Å². The lowest BCUT2D eigenvalue weighted by atomic mass is 9.99. The number of benzene rings is 1. The molecule has 0 radical (unpaired) electrons. The molecule has 1 atom stereocenters. The predicted molar refractivity (Wildman–Crippen MR) is 117 cm³/mol. The number of amides is 1. The van der Waals surface area contributed by atoms with Gasteiger partial charge in [0.25, 0.3) is 0 Å². The summed E-state index contributed by atoms with van der Waals surface area (Å²) in [6, 6.07) is 3.28. The summed E-state index contributed by atoms with van der Waals surface area (Å²) in [7, 11) is 0. The number of hydrogen-bond acceptors (Lipinski definition) is 3. The van der Waals surface area contributed by atoms with Gasteiger partial charge in [0.2, 0.25) is 0 Å². The van der Waals surface area contributed by atoms with E-state index in [1.54, 1.807) is 25.7 Å². The summed E-state index contributed by atoms with van der Waals surface area (Å²) in [4.78, 5) is 19.0. The van der Waals surface area contributed by atoms with Crippen LogP contribution in [0.25, 0.3) is 0 Å². The summed E-state index contributed by atoms with van der Waals surface area (Å²) in [5.41, 5.74) is -0.183. The molecule has 0 aliphatic carbocycles. The SMILES string of the molecule is CCc1nc(Cl)c2n1CCN(C(=O)OC(C)(C)C)C2CCc1ccc(C(F)(F)F)c(Cl)c1. The van der Waals surface area contributed by atoms with Crippen molar-refractivity contribution < 1.29 is 22.7 Å². The normalized spacial score (nSPS) is 16.8. The Kier molecular flexibility index (Phi) is 7.05. The molecule has 32 heavy (non-hydrogen) atoms.